The van der Waals surface area contributed by atoms with Crippen molar-refractivity contribution in [3.8, 4) is 11.5 Å². The number of hydrogen-bond acceptors (Lipinski definition) is 5. The van der Waals surface area contributed by atoms with E-state index in [1.165, 1.54) is 0 Å². The molecule has 0 saturated heterocycles. The minimum absolute atomic E-state index is 0.513. The monoisotopic (exact) mass is 266 g/mol. The summed E-state index contributed by atoms with van der Waals surface area (Å²) in [4.78, 5) is 8.61. The highest BCUT2D eigenvalue weighted by molar-refractivity contribution is 5.49. The van der Waals surface area contributed by atoms with Gasteiger partial charge in [0.25, 0.3) is 0 Å². The largest absolute Gasteiger partial charge is 0.399 e. The van der Waals surface area contributed by atoms with E-state index in [1.54, 1.807) is 6.20 Å². The lowest BCUT2D eigenvalue weighted by Crippen LogP contribution is -1.91. The summed E-state index contributed by atoms with van der Waals surface area (Å²) in [5.74, 6) is 1.08. The van der Waals surface area contributed by atoms with Gasteiger partial charge in [-0.3, -0.25) is 4.98 Å². The summed E-state index contributed by atoms with van der Waals surface area (Å²) in [6.07, 6.45) is 2.32. The zero-order valence-corrected chi connectivity index (χ0v) is 11.1. The molecule has 2 heterocycles. The van der Waals surface area contributed by atoms with Gasteiger partial charge >= 0.3 is 0 Å². The topological polar surface area (TPSA) is 77.8 Å². The Balaban J connectivity index is 1.82. The van der Waals surface area contributed by atoms with Crippen LogP contribution in [0.1, 0.15) is 17.0 Å². The fourth-order valence-corrected chi connectivity index (χ4v) is 1.90. The summed E-state index contributed by atoms with van der Waals surface area (Å²) in [6.45, 7) is 2.00. The molecule has 0 aliphatic carbocycles. The Morgan fingerprint density at radius 1 is 1.15 bits per heavy atom. The maximum Gasteiger partial charge on any atom is 0.231 e. The molecule has 0 amide bonds. The molecule has 3 aromatic rings. The van der Waals surface area contributed by atoms with Crippen LogP contribution >= 0.6 is 0 Å². The first-order chi connectivity index (χ1) is 9.70. The number of aromatic nitrogens is 3. The van der Waals surface area contributed by atoms with Gasteiger partial charge in [-0.05, 0) is 42.3 Å². The fraction of sp³-hybridized carbons (Fsp3) is 0.133. The number of aryl methyl sites for hydroxylation is 1. The van der Waals surface area contributed by atoms with Crippen molar-refractivity contribution in [2.45, 2.75) is 13.3 Å². The van der Waals surface area contributed by atoms with Gasteiger partial charge in [0.2, 0.25) is 11.7 Å². The van der Waals surface area contributed by atoms with Gasteiger partial charge in [-0.15, -0.1) is 0 Å². The quantitative estimate of drug-likeness (QED) is 0.737. The molecule has 0 aliphatic rings. The van der Waals surface area contributed by atoms with E-state index in [1.807, 2.05) is 43.3 Å². The van der Waals surface area contributed by atoms with Gasteiger partial charge in [0.05, 0.1) is 6.42 Å². The number of anilines is 1. The normalized spacial score (nSPS) is 10.7. The average Bonchev–Trinajstić information content (AvgIpc) is 2.90. The van der Waals surface area contributed by atoms with E-state index >= 15 is 0 Å². The van der Waals surface area contributed by atoms with Gasteiger partial charge in [-0.25, -0.2) is 0 Å². The summed E-state index contributed by atoms with van der Waals surface area (Å²) in [6, 6.07) is 11.5. The molecule has 0 aliphatic heterocycles. The van der Waals surface area contributed by atoms with Crippen LogP contribution in [0, 0.1) is 6.92 Å². The number of hydrogen-bond donors (Lipinski definition) is 1. The van der Waals surface area contributed by atoms with Crippen molar-refractivity contribution < 1.29 is 4.52 Å². The van der Waals surface area contributed by atoms with Gasteiger partial charge in [0.1, 0.15) is 5.69 Å². The Kier molecular flexibility index (Phi) is 3.16. The standard InChI is InChI=1S/C15H14N4O/c1-10-6-7-17-13(8-10)15-18-14(20-19-15)9-11-2-4-12(16)5-3-11/h2-8H,9,16H2,1H3. The molecule has 0 bridgehead atoms. The Bertz CT molecular complexity index is 719. The lowest BCUT2D eigenvalue weighted by atomic mass is 10.1. The van der Waals surface area contributed by atoms with Crippen LogP contribution in [0.5, 0.6) is 0 Å². The van der Waals surface area contributed by atoms with E-state index in [2.05, 4.69) is 15.1 Å². The van der Waals surface area contributed by atoms with Crippen molar-refractivity contribution in [2.24, 2.45) is 0 Å². The first kappa shape index (κ1) is 12.3. The molecule has 1 aromatic carbocycles. The van der Waals surface area contributed by atoms with Crippen LogP contribution in [-0.4, -0.2) is 15.1 Å². The van der Waals surface area contributed by atoms with Crippen LogP contribution in [0.3, 0.4) is 0 Å². The minimum atomic E-state index is 0.513. The second kappa shape index (κ2) is 5.13. The van der Waals surface area contributed by atoms with Crippen molar-refractivity contribution in [1.82, 2.24) is 15.1 Å². The molecule has 0 atom stereocenters. The molecule has 0 unspecified atom stereocenters. The van der Waals surface area contributed by atoms with Gasteiger partial charge in [-0.2, -0.15) is 4.98 Å². The molecule has 5 nitrogen and oxygen atoms in total. The van der Waals surface area contributed by atoms with Crippen LogP contribution in [0.4, 0.5) is 5.69 Å². The molecular weight excluding hydrogens is 252 g/mol. The molecule has 5 heteroatoms. The first-order valence-corrected chi connectivity index (χ1v) is 6.31. The molecule has 2 N–H and O–H groups in total. The third-order valence-corrected chi connectivity index (χ3v) is 2.95. The number of nitrogen functional groups attached to an aromatic ring is 1. The van der Waals surface area contributed by atoms with Gasteiger partial charge < -0.3 is 10.3 Å². The van der Waals surface area contributed by atoms with E-state index < -0.39 is 0 Å². The molecule has 0 radical (unpaired) electrons. The number of pyridine rings is 1. The molecule has 2 aromatic heterocycles. The lowest BCUT2D eigenvalue weighted by molar-refractivity contribution is 0.385. The first-order valence-electron chi connectivity index (χ1n) is 6.31. The van der Waals surface area contributed by atoms with E-state index in [4.69, 9.17) is 10.3 Å². The van der Waals surface area contributed by atoms with Crippen LogP contribution in [-0.2, 0) is 6.42 Å². The third-order valence-electron chi connectivity index (χ3n) is 2.95. The Hall–Kier alpha value is -2.69. The summed E-state index contributed by atoms with van der Waals surface area (Å²) in [7, 11) is 0. The Morgan fingerprint density at radius 3 is 2.70 bits per heavy atom. The van der Waals surface area contributed by atoms with E-state index in [-0.39, 0.29) is 0 Å². The van der Waals surface area contributed by atoms with Crippen molar-refractivity contribution in [3.63, 3.8) is 0 Å². The SMILES string of the molecule is Cc1ccnc(-c2noc(Cc3ccc(N)cc3)n2)c1. The number of rotatable bonds is 3. The van der Waals surface area contributed by atoms with Crippen molar-refractivity contribution in [2.75, 3.05) is 5.73 Å². The molecule has 0 fully saturated rings. The molecule has 3 rings (SSSR count). The lowest BCUT2D eigenvalue weighted by Gasteiger charge is -1.97. The predicted molar refractivity (Wildman–Crippen MR) is 75.9 cm³/mol. The maximum atomic E-state index is 5.65. The third kappa shape index (κ3) is 2.66. The van der Waals surface area contributed by atoms with Gasteiger partial charge in [-0.1, -0.05) is 17.3 Å². The molecule has 100 valence electrons. The van der Waals surface area contributed by atoms with E-state index in [0.29, 0.717) is 18.1 Å². The van der Waals surface area contributed by atoms with Crippen LogP contribution in [0.25, 0.3) is 11.5 Å². The Morgan fingerprint density at radius 2 is 1.95 bits per heavy atom. The second-order valence-corrected chi connectivity index (χ2v) is 4.65. The van der Waals surface area contributed by atoms with Gasteiger partial charge in [0, 0.05) is 11.9 Å². The summed E-state index contributed by atoms with van der Waals surface area (Å²) in [5, 5.41) is 3.97. The van der Waals surface area contributed by atoms with Crippen LogP contribution in [0.2, 0.25) is 0 Å². The van der Waals surface area contributed by atoms with E-state index in [9.17, 15) is 0 Å². The molecule has 0 saturated carbocycles. The molecule has 0 spiro atoms. The summed E-state index contributed by atoms with van der Waals surface area (Å²) in [5.41, 5.74) is 9.30. The number of nitrogens with zero attached hydrogens (tertiary/aromatic N) is 3. The maximum absolute atomic E-state index is 5.65. The summed E-state index contributed by atoms with van der Waals surface area (Å²) >= 11 is 0. The fourth-order valence-electron chi connectivity index (χ4n) is 1.90. The average molecular weight is 266 g/mol. The number of nitrogens with two attached hydrogens (primary N) is 1. The van der Waals surface area contributed by atoms with Crippen molar-refractivity contribution >= 4 is 5.69 Å². The van der Waals surface area contributed by atoms with Gasteiger partial charge in [0.15, 0.2) is 0 Å². The summed E-state index contributed by atoms with van der Waals surface area (Å²) < 4.78 is 5.26. The highest BCUT2D eigenvalue weighted by Gasteiger charge is 2.10. The predicted octanol–water partition coefficient (Wildman–Crippen LogP) is 2.61. The zero-order chi connectivity index (χ0) is 13.9. The van der Waals surface area contributed by atoms with E-state index in [0.717, 1.165) is 22.5 Å². The number of benzene rings is 1. The van der Waals surface area contributed by atoms with Crippen LogP contribution in [0.15, 0.2) is 47.1 Å². The smallest absolute Gasteiger partial charge is 0.231 e. The minimum Gasteiger partial charge on any atom is -0.399 e. The molecular formula is C15H14N4O. The zero-order valence-electron chi connectivity index (χ0n) is 11.1. The second-order valence-electron chi connectivity index (χ2n) is 4.65. The highest BCUT2D eigenvalue weighted by Crippen LogP contribution is 2.16. The highest BCUT2D eigenvalue weighted by atomic mass is 16.5. The Labute approximate surface area is 116 Å². The van der Waals surface area contributed by atoms with Crippen LogP contribution < -0.4 is 5.73 Å². The molecule has 20 heavy (non-hydrogen) atoms. The van der Waals surface area contributed by atoms with Crippen molar-refractivity contribution in [1.29, 1.82) is 0 Å². The van der Waals surface area contributed by atoms with Crippen molar-refractivity contribution in [3.05, 3.63) is 59.6 Å².